The van der Waals surface area contributed by atoms with Gasteiger partial charge in [-0.3, -0.25) is 9.48 Å². The van der Waals surface area contributed by atoms with Crippen LogP contribution in [0.2, 0.25) is 0 Å². The number of carbonyl (C=O) groups excluding carboxylic acids is 2. The Morgan fingerprint density at radius 1 is 1.16 bits per heavy atom. The van der Waals surface area contributed by atoms with Gasteiger partial charge in [-0.05, 0) is 32.8 Å². The third kappa shape index (κ3) is 4.38. The van der Waals surface area contributed by atoms with Crippen LogP contribution in [-0.4, -0.2) is 50.7 Å². The molecule has 32 heavy (non-hydrogen) atoms. The minimum atomic E-state index is -0.529. The number of pyridine rings is 1. The maximum atomic E-state index is 13.1. The van der Waals surface area contributed by atoms with Crippen molar-refractivity contribution >= 4 is 22.9 Å². The number of fused-ring (bicyclic) bond motifs is 1. The summed E-state index contributed by atoms with van der Waals surface area (Å²) in [5.74, 6) is -0.664. The van der Waals surface area contributed by atoms with Crippen LogP contribution in [0.25, 0.3) is 22.3 Å². The van der Waals surface area contributed by atoms with Crippen LogP contribution in [0.1, 0.15) is 55.1 Å². The van der Waals surface area contributed by atoms with Crippen LogP contribution in [0, 0.1) is 6.92 Å². The number of aryl methyl sites for hydroxylation is 2. The van der Waals surface area contributed by atoms with Crippen LogP contribution in [0.5, 0.6) is 0 Å². The minimum Gasteiger partial charge on any atom is -0.452 e. The number of rotatable bonds is 6. The van der Waals surface area contributed by atoms with E-state index in [-0.39, 0.29) is 18.6 Å². The highest BCUT2D eigenvalue weighted by atomic mass is 16.5. The molecule has 0 saturated heterocycles. The van der Waals surface area contributed by atoms with Gasteiger partial charge in [0.15, 0.2) is 12.3 Å². The molecule has 0 bridgehead atoms. The van der Waals surface area contributed by atoms with Crippen molar-refractivity contribution in [2.24, 2.45) is 7.05 Å². The number of esters is 1. The lowest BCUT2D eigenvalue weighted by Crippen LogP contribution is -2.43. The maximum Gasteiger partial charge on any atom is 0.339 e. The second-order valence-electron chi connectivity index (χ2n) is 8.38. The van der Waals surface area contributed by atoms with Crippen molar-refractivity contribution in [2.75, 3.05) is 13.2 Å². The van der Waals surface area contributed by atoms with Crippen molar-refractivity contribution in [1.29, 1.82) is 0 Å². The van der Waals surface area contributed by atoms with E-state index in [9.17, 15) is 9.59 Å². The fourth-order valence-corrected chi connectivity index (χ4v) is 4.68. The summed E-state index contributed by atoms with van der Waals surface area (Å²) in [6, 6.07) is 11.7. The lowest BCUT2D eigenvalue weighted by atomic mass is 9.94. The molecule has 0 aliphatic heterocycles. The van der Waals surface area contributed by atoms with E-state index in [0.717, 1.165) is 31.2 Å². The molecule has 1 aliphatic rings. The summed E-state index contributed by atoms with van der Waals surface area (Å²) in [4.78, 5) is 32.6. The molecule has 1 amide bonds. The SMILES string of the molecule is CCN(C(=O)COC(=O)c1cc(-c2ccccc2)nc2c1c(C)nn2C)C1CCCCC1. The van der Waals surface area contributed by atoms with E-state index in [1.54, 1.807) is 17.8 Å². The van der Waals surface area contributed by atoms with Gasteiger partial charge in [0.2, 0.25) is 0 Å². The Morgan fingerprint density at radius 3 is 2.56 bits per heavy atom. The van der Waals surface area contributed by atoms with Crippen LogP contribution in [0.3, 0.4) is 0 Å². The second-order valence-corrected chi connectivity index (χ2v) is 8.38. The molecular formula is C25H30N4O3. The molecule has 7 heteroatoms. The summed E-state index contributed by atoms with van der Waals surface area (Å²) < 4.78 is 7.20. The summed E-state index contributed by atoms with van der Waals surface area (Å²) in [6.07, 6.45) is 5.56. The van der Waals surface area contributed by atoms with Crippen molar-refractivity contribution < 1.29 is 14.3 Å². The molecule has 7 nitrogen and oxygen atoms in total. The predicted molar refractivity (Wildman–Crippen MR) is 123 cm³/mol. The highest BCUT2D eigenvalue weighted by Crippen LogP contribution is 2.27. The summed E-state index contributed by atoms with van der Waals surface area (Å²) in [5, 5.41) is 5.09. The molecule has 4 rings (SSSR count). The van der Waals surface area contributed by atoms with Gasteiger partial charge in [0, 0.05) is 25.2 Å². The van der Waals surface area contributed by atoms with Crippen molar-refractivity contribution in [1.82, 2.24) is 19.7 Å². The first-order chi connectivity index (χ1) is 15.5. The first-order valence-electron chi connectivity index (χ1n) is 11.4. The van der Waals surface area contributed by atoms with Gasteiger partial charge in [-0.25, -0.2) is 9.78 Å². The lowest BCUT2D eigenvalue weighted by Gasteiger charge is -2.33. The van der Waals surface area contributed by atoms with Gasteiger partial charge >= 0.3 is 5.97 Å². The molecule has 0 N–H and O–H groups in total. The number of ether oxygens (including phenoxy) is 1. The molecule has 0 atom stereocenters. The number of nitrogens with zero attached hydrogens (tertiary/aromatic N) is 4. The Hall–Kier alpha value is -3.22. The molecule has 2 heterocycles. The molecule has 1 aliphatic carbocycles. The van der Waals surface area contributed by atoms with E-state index in [4.69, 9.17) is 9.72 Å². The van der Waals surface area contributed by atoms with Gasteiger partial charge in [0.1, 0.15) is 0 Å². The third-order valence-corrected chi connectivity index (χ3v) is 6.26. The Labute approximate surface area is 188 Å². The zero-order chi connectivity index (χ0) is 22.7. The molecule has 3 aromatic rings. The Morgan fingerprint density at radius 2 is 1.88 bits per heavy atom. The molecule has 2 aromatic heterocycles. The molecule has 168 valence electrons. The molecule has 0 radical (unpaired) electrons. The molecular weight excluding hydrogens is 404 g/mol. The standard InChI is InChI=1S/C25H30N4O3/c1-4-29(19-13-9-6-10-14-19)22(30)16-32-25(31)20-15-21(18-11-7-5-8-12-18)26-24-23(20)17(2)27-28(24)3/h5,7-8,11-12,15,19H,4,6,9-10,13-14,16H2,1-3H3. The average molecular weight is 435 g/mol. The van der Waals surface area contributed by atoms with E-state index < -0.39 is 5.97 Å². The normalized spacial score (nSPS) is 14.5. The first-order valence-corrected chi connectivity index (χ1v) is 11.4. The van der Waals surface area contributed by atoms with E-state index >= 15 is 0 Å². The zero-order valence-corrected chi connectivity index (χ0v) is 19.0. The van der Waals surface area contributed by atoms with Crippen LogP contribution in [0.4, 0.5) is 0 Å². The predicted octanol–water partition coefficient (Wildman–Crippen LogP) is 4.28. The fourth-order valence-electron chi connectivity index (χ4n) is 4.68. The number of amides is 1. The number of benzene rings is 1. The van der Waals surface area contributed by atoms with Crippen LogP contribution < -0.4 is 0 Å². The highest BCUT2D eigenvalue weighted by Gasteiger charge is 2.26. The maximum absolute atomic E-state index is 13.1. The van der Waals surface area contributed by atoms with Crippen molar-refractivity contribution in [2.45, 2.75) is 52.0 Å². The fraction of sp³-hybridized carbons (Fsp3) is 0.440. The molecule has 1 fully saturated rings. The highest BCUT2D eigenvalue weighted by molar-refractivity contribution is 6.05. The van der Waals surface area contributed by atoms with Gasteiger partial charge in [-0.2, -0.15) is 5.10 Å². The van der Waals surface area contributed by atoms with Crippen LogP contribution >= 0.6 is 0 Å². The lowest BCUT2D eigenvalue weighted by molar-refractivity contribution is -0.137. The Bertz CT molecular complexity index is 1120. The number of carbonyl (C=O) groups is 2. The number of hydrogen-bond donors (Lipinski definition) is 0. The molecule has 0 spiro atoms. The Kier molecular flexibility index (Phi) is 6.53. The van der Waals surface area contributed by atoms with Gasteiger partial charge in [0.25, 0.3) is 5.91 Å². The molecule has 1 saturated carbocycles. The second kappa shape index (κ2) is 9.51. The summed E-state index contributed by atoms with van der Waals surface area (Å²) in [6.45, 7) is 4.19. The van der Waals surface area contributed by atoms with Crippen LogP contribution in [0.15, 0.2) is 36.4 Å². The van der Waals surface area contributed by atoms with E-state index in [2.05, 4.69) is 5.10 Å². The van der Waals surface area contributed by atoms with Crippen molar-refractivity contribution in [3.63, 3.8) is 0 Å². The zero-order valence-electron chi connectivity index (χ0n) is 19.0. The Balaban J connectivity index is 1.59. The van der Waals surface area contributed by atoms with Gasteiger partial charge in [-0.15, -0.1) is 0 Å². The average Bonchev–Trinajstić information content (AvgIpc) is 3.12. The summed E-state index contributed by atoms with van der Waals surface area (Å²) in [5.41, 5.74) is 3.25. The van der Waals surface area contributed by atoms with E-state index in [1.807, 2.05) is 49.1 Å². The van der Waals surface area contributed by atoms with Crippen LogP contribution in [-0.2, 0) is 16.6 Å². The molecule has 1 aromatic carbocycles. The summed E-state index contributed by atoms with van der Waals surface area (Å²) >= 11 is 0. The van der Waals surface area contributed by atoms with Gasteiger partial charge in [-0.1, -0.05) is 49.6 Å². The number of likely N-dealkylation sites (N-methyl/N-ethyl adjacent to an activating group) is 1. The largest absolute Gasteiger partial charge is 0.452 e. The quantitative estimate of drug-likeness (QED) is 0.541. The topological polar surface area (TPSA) is 77.3 Å². The van der Waals surface area contributed by atoms with Crippen molar-refractivity contribution in [3.8, 4) is 11.3 Å². The summed E-state index contributed by atoms with van der Waals surface area (Å²) in [7, 11) is 1.80. The number of hydrogen-bond acceptors (Lipinski definition) is 5. The van der Waals surface area contributed by atoms with Gasteiger partial charge in [0.05, 0.1) is 22.3 Å². The third-order valence-electron chi connectivity index (χ3n) is 6.26. The molecule has 0 unspecified atom stereocenters. The van der Waals surface area contributed by atoms with Gasteiger partial charge < -0.3 is 9.64 Å². The monoisotopic (exact) mass is 434 g/mol. The van der Waals surface area contributed by atoms with E-state index in [1.165, 1.54) is 6.42 Å². The first kappa shape index (κ1) is 22.0. The number of aromatic nitrogens is 3. The van der Waals surface area contributed by atoms with Crippen molar-refractivity contribution in [3.05, 3.63) is 47.7 Å². The smallest absolute Gasteiger partial charge is 0.339 e. The van der Waals surface area contributed by atoms with E-state index in [0.29, 0.717) is 34.5 Å². The minimum absolute atomic E-state index is 0.135.